The number of hydrogen-bond acceptors (Lipinski definition) is 5. The van der Waals surface area contributed by atoms with Gasteiger partial charge < -0.3 is 15.3 Å². The van der Waals surface area contributed by atoms with Crippen LogP contribution in [0.3, 0.4) is 0 Å². The fourth-order valence-corrected chi connectivity index (χ4v) is 6.62. The van der Waals surface area contributed by atoms with Gasteiger partial charge in [-0.3, -0.25) is 9.59 Å². The molecule has 0 unspecified atom stereocenters. The van der Waals surface area contributed by atoms with Crippen molar-refractivity contribution in [2.45, 2.75) is 63.6 Å². The van der Waals surface area contributed by atoms with Crippen LogP contribution in [-0.2, 0) is 9.59 Å². The van der Waals surface area contributed by atoms with Crippen molar-refractivity contribution in [3.8, 4) is 0 Å². The molecule has 5 nitrogen and oxygen atoms in total. The van der Waals surface area contributed by atoms with E-state index in [9.17, 15) is 24.9 Å². The van der Waals surface area contributed by atoms with Gasteiger partial charge in [0.25, 0.3) is 0 Å². The van der Waals surface area contributed by atoms with Gasteiger partial charge in [0.05, 0.1) is 17.8 Å². The third-order valence-corrected chi connectivity index (χ3v) is 7.82. The van der Waals surface area contributed by atoms with Gasteiger partial charge >= 0.3 is 0 Å². The van der Waals surface area contributed by atoms with E-state index < -0.39 is 11.2 Å². The summed E-state index contributed by atoms with van der Waals surface area (Å²) in [5, 5.41) is 31.9. The molecule has 0 aliphatic heterocycles. The standard InChI is InChI=1S/C21H28O5/c1-19(2,25)14-5-7-20-10-13-12(16(23)3-4-17(13)24)9-18(20)21(26,11-22)8-6-15(14)20/h3-4,14-15,18,22,25-26H,5-11H2,1-2H3/t14-,15-,18+,20+,21-/m0/s1. The Morgan fingerprint density at radius 2 is 1.77 bits per heavy atom. The number of carbonyl (C=O) groups is 2. The van der Waals surface area contributed by atoms with Crippen LogP contribution in [0.15, 0.2) is 23.3 Å². The molecular weight excluding hydrogens is 332 g/mol. The minimum Gasteiger partial charge on any atom is -0.393 e. The zero-order valence-electron chi connectivity index (χ0n) is 15.5. The largest absolute Gasteiger partial charge is 0.393 e. The second kappa shape index (κ2) is 5.60. The quantitative estimate of drug-likeness (QED) is 0.652. The van der Waals surface area contributed by atoms with Crippen LogP contribution in [0, 0.1) is 23.2 Å². The van der Waals surface area contributed by atoms with E-state index in [1.165, 1.54) is 12.2 Å². The first-order valence-electron chi connectivity index (χ1n) is 9.67. The summed E-state index contributed by atoms with van der Waals surface area (Å²) < 4.78 is 0. The highest BCUT2D eigenvalue weighted by Gasteiger charge is 2.64. The summed E-state index contributed by atoms with van der Waals surface area (Å²) in [5.41, 5.74) is -1.27. The van der Waals surface area contributed by atoms with Crippen molar-refractivity contribution in [2.75, 3.05) is 6.61 Å². The fourth-order valence-electron chi connectivity index (χ4n) is 6.62. The first kappa shape index (κ1) is 18.1. The van der Waals surface area contributed by atoms with Gasteiger partial charge in [-0.05, 0) is 81.8 Å². The number of hydrogen-bond donors (Lipinski definition) is 3. The summed E-state index contributed by atoms with van der Waals surface area (Å²) in [6.07, 6.45) is 6.34. The van der Waals surface area contributed by atoms with Gasteiger partial charge in [0, 0.05) is 17.1 Å². The summed E-state index contributed by atoms with van der Waals surface area (Å²) in [7, 11) is 0. The molecule has 2 fully saturated rings. The molecule has 0 aromatic carbocycles. The van der Waals surface area contributed by atoms with Crippen molar-refractivity contribution in [1.82, 2.24) is 0 Å². The SMILES string of the molecule is CC(C)(O)[C@H]1CC[C@]23CC4=C(C[C@H]2[C@@](O)(CO)CC[C@@H]13)C(=O)C=CC4=O. The molecule has 4 aliphatic carbocycles. The lowest BCUT2D eigenvalue weighted by Crippen LogP contribution is -2.59. The lowest BCUT2D eigenvalue weighted by atomic mass is 9.48. The molecular formula is C21H28O5. The second-order valence-electron chi connectivity index (χ2n) is 9.39. The topological polar surface area (TPSA) is 94.8 Å². The van der Waals surface area contributed by atoms with Crippen LogP contribution in [0.4, 0.5) is 0 Å². The summed E-state index contributed by atoms with van der Waals surface area (Å²) >= 11 is 0. The number of ketones is 2. The lowest BCUT2D eigenvalue weighted by molar-refractivity contribution is -0.169. The zero-order valence-corrected chi connectivity index (χ0v) is 15.5. The molecule has 1 spiro atoms. The van der Waals surface area contributed by atoms with Gasteiger partial charge in [-0.2, -0.15) is 0 Å². The Morgan fingerprint density at radius 1 is 1.12 bits per heavy atom. The monoisotopic (exact) mass is 360 g/mol. The normalized spacial score (nSPS) is 42.6. The van der Waals surface area contributed by atoms with Crippen LogP contribution in [0.1, 0.15) is 52.4 Å². The molecule has 2 saturated carbocycles. The van der Waals surface area contributed by atoms with E-state index in [1.54, 1.807) is 0 Å². The third-order valence-electron chi connectivity index (χ3n) is 7.82. The molecule has 3 N–H and O–H groups in total. The number of aliphatic hydroxyl groups excluding tert-OH is 1. The van der Waals surface area contributed by atoms with Crippen LogP contribution < -0.4 is 0 Å². The van der Waals surface area contributed by atoms with E-state index in [0.29, 0.717) is 30.4 Å². The van der Waals surface area contributed by atoms with Gasteiger partial charge in [-0.1, -0.05) is 0 Å². The van der Waals surface area contributed by atoms with Gasteiger partial charge in [0.1, 0.15) is 0 Å². The summed E-state index contributed by atoms with van der Waals surface area (Å²) in [6.45, 7) is 3.34. The Labute approximate surface area is 153 Å². The molecule has 0 saturated heterocycles. The molecule has 142 valence electrons. The van der Waals surface area contributed by atoms with Crippen molar-refractivity contribution >= 4 is 11.6 Å². The molecule has 26 heavy (non-hydrogen) atoms. The first-order chi connectivity index (χ1) is 12.1. The predicted molar refractivity (Wildman–Crippen MR) is 95.1 cm³/mol. The smallest absolute Gasteiger partial charge is 0.182 e. The van der Waals surface area contributed by atoms with Crippen LogP contribution in [0.25, 0.3) is 0 Å². The van der Waals surface area contributed by atoms with Crippen LogP contribution in [-0.4, -0.2) is 44.7 Å². The Kier molecular flexibility index (Phi) is 3.89. The van der Waals surface area contributed by atoms with E-state index >= 15 is 0 Å². The number of aliphatic hydroxyl groups is 3. The van der Waals surface area contributed by atoms with Crippen LogP contribution in [0.5, 0.6) is 0 Å². The van der Waals surface area contributed by atoms with Crippen LogP contribution >= 0.6 is 0 Å². The minimum atomic E-state index is -1.23. The minimum absolute atomic E-state index is 0.0975. The maximum Gasteiger partial charge on any atom is 0.182 e. The molecule has 0 aromatic rings. The number of allylic oxidation sites excluding steroid dienone is 4. The molecule has 0 aromatic heterocycles. The maximum atomic E-state index is 12.5. The lowest BCUT2D eigenvalue weighted by Gasteiger charge is -2.58. The van der Waals surface area contributed by atoms with Crippen LogP contribution in [0.2, 0.25) is 0 Å². The molecule has 0 bridgehead atoms. The summed E-state index contributed by atoms with van der Waals surface area (Å²) in [4.78, 5) is 24.9. The van der Waals surface area contributed by atoms with E-state index in [-0.39, 0.29) is 41.3 Å². The Morgan fingerprint density at radius 3 is 2.38 bits per heavy atom. The van der Waals surface area contributed by atoms with Crippen molar-refractivity contribution in [2.24, 2.45) is 23.2 Å². The number of carbonyl (C=O) groups excluding carboxylic acids is 2. The summed E-state index contributed by atoms with van der Waals surface area (Å²) in [5.74, 6) is -0.222. The summed E-state index contributed by atoms with van der Waals surface area (Å²) in [6, 6.07) is 0. The van der Waals surface area contributed by atoms with Gasteiger partial charge in [0.15, 0.2) is 11.6 Å². The van der Waals surface area contributed by atoms with Crippen molar-refractivity contribution in [3.05, 3.63) is 23.3 Å². The Bertz CT molecular complexity index is 727. The molecule has 4 rings (SSSR count). The molecule has 4 aliphatic rings. The molecule has 0 heterocycles. The second-order valence-corrected chi connectivity index (χ2v) is 9.39. The Hall–Kier alpha value is -1.30. The van der Waals surface area contributed by atoms with E-state index in [4.69, 9.17) is 0 Å². The van der Waals surface area contributed by atoms with Gasteiger partial charge in [0.2, 0.25) is 0 Å². The van der Waals surface area contributed by atoms with Crippen molar-refractivity contribution < 1.29 is 24.9 Å². The molecule has 5 atom stereocenters. The Balaban J connectivity index is 1.83. The number of rotatable bonds is 2. The maximum absolute atomic E-state index is 12.5. The van der Waals surface area contributed by atoms with Gasteiger partial charge in [-0.15, -0.1) is 0 Å². The van der Waals surface area contributed by atoms with Gasteiger partial charge in [-0.25, -0.2) is 0 Å². The highest BCUT2D eigenvalue weighted by atomic mass is 16.3. The highest BCUT2D eigenvalue weighted by molar-refractivity contribution is 6.20. The first-order valence-corrected chi connectivity index (χ1v) is 9.67. The van der Waals surface area contributed by atoms with Crippen molar-refractivity contribution in [1.29, 1.82) is 0 Å². The van der Waals surface area contributed by atoms with E-state index in [1.807, 2.05) is 13.8 Å². The van der Waals surface area contributed by atoms with E-state index in [0.717, 1.165) is 19.3 Å². The highest BCUT2D eigenvalue weighted by Crippen LogP contribution is 2.67. The molecule has 5 heteroatoms. The average molecular weight is 360 g/mol. The molecule has 0 radical (unpaired) electrons. The predicted octanol–water partition coefficient (Wildman–Crippen LogP) is 1.70. The zero-order chi connectivity index (χ0) is 18.9. The van der Waals surface area contributed by atoms with E-state index in [2.05, 4.69) is 0 Å². The fraction of sp³-hybridized carbons (Fsp3) is 0.714. The third kappa shape index (κ3) is 2.33. The molecule has 0 amide bonds. The van der Waals surface area contributed by atoms with Crippen molar-refractivity contribution in [3.63, 3.8) is 0 Å². The average Bonchev–Trinajstić information content (AvgIpc) is 2.96.